The molecule has 0 aliphatic rings. The molecule has 0 unspecified atom stereocenters. The van der Waals surface area contributed by atoms with Crippen LogP contribution in [0.4, 0.5) is 0 Å². The molecule has 0 spiro atoms. The van der Waals surface area contributed by atoms with Crippen LogP contribution >= 0.6 is 0 Å². The van der Waals surface area contributed by atoms with Crippen molar-refractivity contribution in [2.75, 3.05) is 26.7 Å². The molecule has 26 heavy (non-hydrogen) atoms. The van der Waals surface area contributed by atoms with E-state index in [0.717, 1.165) is 17.7 Å². The van der Waals surface area contributed by atoms with Gasteiger partial charge in [-0.15, -0.1) is 0 Å². The number of hydrogen-bond donors (Lipinski definition) is 1. The van der Waals surface area contributed by atoms with E-state index in [4.69, 9.17) is 4.74 Å². The van der Waals surface area contributed by atoms with E-state index in [2.05, 4.69) is 5.32 Å². The van der Waals surface area contributed by atoms with Crippen molar-refractivity contribution in [1.29, 1.82) is 0 Å². The van der Waals surface area contributed by atoms with E-state index in [-0.39, 0.29) is 11.8 Å². The summed E-state index contributed by atoms with van der Waals surface area (Å²) in [5.74, 6) is 0.586. The molecule has 0 bridgehead atoms. The fourth-order valence-electron chi connectivity index (χ4n) is 2.70. The summed E-state index contributed by atoms with van der Waals surface area (Å²) < 4.78 is 5.13. The van der Waals surface area contributed by atoms with Crippen molar-refractivity contribution in [2.45, 2.75) is 20.3 Å². The first kappa shape index (κ1) is 19.5. The lowest BCUT2D eigenvalue weighted by Crippen LogP contribution is -2.31. The van der Waals surface area contributed by atoms with Crippen LogP contribution < -0.4 is 10.1 Å². The number of nitrogens with zero attached hydrogens (tertiary/aromatic N) is 1. The predicted molar refractivity (Wildman–Crippen MR) is 103 cm³/mol. The summed E-state index contributed by atoms with van der Waals surface area (Å²) in [4.78, 5) is 26.5. The maximum Gasteiger partial charge on any atom is 0.253 e. The van der Waals surface area contributed by atoms with Gasteiger partial charge in [-0.05, 0) is 56.2 Å². The highest BCUT2D eigenvalue weighted by molar-refractivity contribution is 5.99. The first-order chi connectivity index (χ1) is 12.6. The largest absolute Gasteiger partial charge is 0.497 e. The van der Waals surface area contributed by atoms with Gasteiger partial charge in [0.1, 0.15) is 5.75 Å². The molecule has 0 aliphatic carbocycles. The smallest absolute Gasteiger partial charge is 0.253 e. The van der Waals surface area contributed by atoms with Crippen LogP contribution in [-0.4, -0.2) is 43.5 Å². The lowest BCUT2D eigenvalue weighted by Gasteiger charge is -2.18. The number of hydrogen-bond acceptors (Lipinski definition) is 3. The minimum Gasteiger partial charge on any atom is -0.497 e. The molecule has 0 aromatic heterocycles. The summed E-state index contributed by atoms with van der Waals surface area (Å²) >= 11 is 0. The average Bonchev–Trinajstić information content (AvgIpc) is 2.69. The molecule has 2 aromatic carbocycles. The molecule has 0 radical (unpaired) electrons. The molecular formula is C21H26N2O3. The van der Waals surface area contributed by atoms with Gasteiger partial charge >= 0.3 is 0 Å². The first-order valence-corrected chi connectivity index (χ1v) is 8.89. The molecule has 2 rings (SSSR count). The van der Waals surface area contributed by atoms with Crippen molar-refractivity contribution in [2.24, 2.45) is 0 Å². The quantitative estimate of drug-likeness (QED) is 0.792. The molecule has 5 nitrogen and oxygen atoms in total. The second-order valence-corrected chi connectivity index (χ2v) is 5.91. The molecule has 5 heteroatoms. The Labute approximate surface area is 155 Å². The van der Waals surface area contributed by atoms with E-state index >= 15 is 0 Å². The van der Waals surface area contributed by atoms with Crippen LogP contribution in [0.5, 0.6) is 5.75 Å². The second-order valence-electron chi connectivity index (χ2n) is 5.91. The lowest BCUT2D eigenvalue weighted by molar-refractivity contribution is 0.0773. The van der Waals surface area contributed by atoms with Gasteiger partial charge in [-0.1, -0.05) is 18.2 Å². The van der Waals surface area contributed by atoms with Crippen molar-refractivity contribution in [1.82, 2.24) is 10.2 Å². The number of methoxy groups -OCH3 is 1. The minimum absolute atomic E-state index is 0.0529. The zero-order valence-electron chi connectivity index (χ0n) is 15.6. The Morgan fingerprint density at radius 1 is 1.00 bits per heavy atom. The molecule has 0 aliphatic heterocycles. The first-order valence-electron chi connectivity index (χ1n) is 8.89. The number of rotatable bonds is 8. The molecule has 0 fully saturated rings. The molecule has 0 saturated heterocycles. The normalized spacial score (nSPS) is 10.3. The molecule has 2 amide bonds. The zero-order chi connectivity index (χ0) is 18.9. The summed E-state index contributed by atoms with van der Waals surface area (Å²) in [6.07, 6.45) is 0.730. The van der Waals surface area contributed by atoms with Crippen LogP contribution in [0.2, 0.25) is 0 Å². The van der Waals surface area contributed by atoms with E-state index in [1.807, 2.05) is 38.1 Å². The fraction of sp³-hybridized carbons (Fsp3) is 0.333. The number of nitrogens with one attached hydrogen (secondary N) is 1. The van der Waals surface area contributed by atoms with E-state index < -0.39 is 0 Å². The van der Waals surface area contributed by atoms with Crippen LogP contribution in [0.25, 0.3) is 0 Å². The van der Waals surface area contributed by atoms with Crippen LogP contribution in [0.15, 0.2) is 48.5 Å². The van der Waals surface area contributed by atoms with Gasteiger partial charge in [-0.25, -0.2) is 0 Å². The molecule has 0 saturated carbocycles. The Morgan fingerprint density at radius 3 is 2.27 bits per heavy atom. The van der Waals surface area contributed by atoms with Gasteiger partial charge < -0.3 is 15.0 Å². The van der Waals surface area contributed by atoms with Gasteiger partial charge in [0.05, 0.1) is 7.11 Å². The SMILES string of the molecule is CCN(CC)C(=O)c1cccc(C(=O)NCCc2ccc(OC)cc2)c1. The highest BCUT2D eigenvalue weighted by Crippen LogP contribution is 2.12. The summed E-state index contributed by atoms with van der Waals surface area (Å²) in [6.45, 7) is 5.70. The van der Waals surface area contributed by atoms with E-state index in [0.29, 0.717) is 30.8 Å². The van der Waals surface area contributed by atoms with Gasteiger partial charge in [-0.3, -0.25) is 9.59 Å². The highest BCUT2D eigenvalue weighted by atomic mass is 16.5. The minimum atomic E-state index is -0.173. The third kappa shape index (κ3) is 5.09. The topological polar surface area (TPSA) is 58.6 Å². The highest BCUT2D eigenvalue weighted by Gasteiger charge is 2.14. The number of amides is 2. The third-order valence-corrected chi connectivity index (χ3v) is 4.28. The summed E-state index contributed by atoms with van der Waals surface area (Å²) in [7, 11) is 1.63. The van der Waals surface area contributed by atoms with Gasteiger partial charge in [0.15, 0.2) is 0 Å². The number of benzene rings is 2. The standard InChI is InChI=1S/C21H26N2O3/c1-4-23(5-2)21(25)18-8-6-7-17(15-18)20(24)22-14-13-16-9-11-19(26-3)12-10-16/h6-12,15H,4-5,13-14H2,1-3H3,(H,22,24). The summed E-state index contributed by atoms with van der Waals surface area (Å²) in [5, 5.41) is 2.90. The van der Waals surface area contributed by atoms with Crippen molar-refractivity contribution in [3.8, 4) is 5.75 Å². The van der Waals surface area contributed by atoms with Gasteiger partial charge in [0, 0.05) is 30.8 Å². The maximum atomic E-state index is 12.4. The molecule has 0 heterocycles. The number of carbonyl (C=O) groups is 2. The van der Waals surface area contributed by atoms with Crippen LogP contribution in [0.1, 0.15) is 40.1 Å². The van der Waals surface area contributed by atoms with Crippen LogP contribution in [-0.2, 0) is 6.42 Å². The molecule has 1 N–H and O–H groups in total. The average molecular weight is 354 g/mol. The fourth-order valence-corrected chi connectivity index (χ4v) is 2.70. The van der Waals surface area contributed by atoms with Crippen molar-refractivity contribution in [3.05, 3.63) is 65.2 Å². The van der Waals surface area contributed by atoms with Gasteiger partial charge in [0.2, 0.25) is 0 Å². The Kier molecular flexibility index (Phi) is 7.21. The van der Waals surface area contributed by atoms with Gasteiger partial charge in [0.25, 0.3) is 11.8 Å². The van der Waals surface area contributed by atoms with Crippen molar-refractivity contribution in [3.63, 3.8) is 0 Å². The molecular weight excluding hydrogens is 328 g/mol. The van der Waals surface area contributed by atoms with Crippen molar-refractivity contribution >= 4 is 11.8 Å². The predicted octanol–water partition coefficient (Wildman–Crippen LogP) is 3.15. The maximum absolute atomic E-state index is 12.4. The Balaban J connectivity index is 1.94. The number of carbonyl (C=O) groups excluding carboxylic acids is 2. The summed E-state index contributed by atoms with van der Waals surface area (Å²) in [5.41, 5.74) is 2.16. The van der Waals surface area contributed by atoms with E-state index in [1.54, 1.807) is 36.3 Å². The zero-order valence-corrected chi connectivity index (χ0v) is 15.6. The summed E-state index contributed by atoms with van der Waals surface area (Å²) in [6, 6.07) is 14.6. The third-order valence-electron chi connectivity index (χ3n) is 4.28. The number of ether oxygens (including phenoxy) is 1. The van der Waals surface area contributed by atoms with Crippen LogP contribution in [0, 0.1) is 0 Å². The van der Waals surface area contributed by atoms with Crippen molar-refractivity contribution < 1.29 is 14.3 Å². The van der Waals surface area contributed by atoms with Crippen LogP contribution in [0.3, 0.4) is 0 Å². The Hall–Kier alpha value is -2.82. The Bertz CT molecular complexity index is 737. The second kappa shape index (κ2) is 9.61. The van der Waals surface area contributed by atoms with Gasteiger partial charge in [-0.2, -0.15) is 0 Å². The molecule has 0 atom stereocenters. The monoisotopic (exact) mass is 354 g/mol. The lowest BCUT2D eigenvalue weighted by atomic mass is 10.1. The molecule has 2 aromatic rings. The van der Waals surface area contributed by atoms with E-state index in [1.165, 1.54) is 0 Å². The Morgan fingerprint density at radius 2 is 1.65 bits per heavy atom. The van der Waals surface area contributed by atoms with E-state index in [9.17, 15) is 9.59 Å². The molecule has 138 valence electrons.